The van der Waals surface area contributed by atoms with Crippen LogP contribution < -0.4 is 5.73 Å². The fourth-order valence-corrected chi connectivity index (χ4v) is 2.77. The Morgan fingerprint density at radius 1 is 1.52 bits per heavy atom. The Labute approximate surface area is 134 Å². The summed E-state index contributed by atoms with van der Waals surface area (Å²) in [6.45, 7) is -0.738. The van der Waals surface area contributed by atoms with Gasteiger partial charge in [-0.05, 0) is 11.6 Å². The Bertz CT molecular complexity index is 822. The van der Waals surface area contributed by atoms with Crippen molar-refractivity contribution in [3.05, 3.63) is 17.3 Å². The summed E-state index contributed by atoms with van der Waals surface area (Å²) >= 11 is 5.72. The quantitative estimate of drug-likeness (QED) is 0.425. The number of fused-ring (bicyclic) bond motifs is 1. The maximum Gasteiger partial charge on any atom is 0.226 e. The van der Waals surface area contributed by atoms with Gasteiger partial charge < -0.3 is 30.4 Å². The molecule has 3 rings (SSSR count). The van der Waals surface area contributed by atoms with Crippen LogP contribution in [0.5, 0.6) is 0 Å². The topological polar surface area (TPSA) is 127 Å². The zero-order chi connectivity index (χ0) is 16.9. The van der Waals surface area contributed by atoms with Gasteiger partial charge in [0.2, 0.25) is 5.28 Å². The van der Waals surface area contributed by atoms with Crippen LogP contribution >= 0.6 is 11.6 Å². The Morgan fingerprint density at radius 3 is 2.78 bits per heavy atom. The number of nitrogen functional groups attached to an aromatic ring is 1. The maximum absolute atomic E-state index is 14.1. The zero-order valence-corrected chi connectivity index (χ0v) is 12.3. The summed E-state index contributed by atoms with van der Waals surface area (Å²) in [4.78, 5) is 7.52. The number of nitrogens with zero attached hydrogens (tertiary/aromatic N) is 3. The van der Waals surface area contributed by atoms with Crippen molar-refractivity contribution >= 4 is 28.5 Å². The molecule has 1 aliphatic heterocycles. The van der Waals surface area contributed by atoms with Crippen molar-refractivity contribution in [1.29, 1.82) is 0 Å². The molecule has 0 bridgehead atoms. The minimum Gasteiger partial charge on any atom is -0.392 e. The number of ether oxygens (including phenoxy) is 1. The molecule has 1 aliphatic rings. The predicted molar refractivity (Wildman–Crippen MR) is 77.7 cm³/mol. The highest BCUT2D eigenvalue weighted by Gasteiger charge is 2.54. The molecule has 23 heavy (non-hydrogen) atoms. The highest BCUT2D eigenvalue weighted by molar-refractivity contribution is 6.28. The summed E-state index contributed by atoms with van der Waals surface area (Å²) in [6, 6.07) is 0. The molecule has 3 heterocycles. The molecule has 0 aliphatic carbocycles. The second kappa shape index (κ2) is 5.30. The lowest BCUT2D eigenvalue weighted by atomic mass is 9.97. The Kier molecular flexibility index (Phi) is 3.66. The molecule has 1 fully saturated rings. The lowest BCUT2D eigenvalue weighted by Crippen LogP contribution is -2.44. The summed E-state index contributed by atoms with van der Waals surface area (Å²) in [7, 11) is 0. The smallest absolute Gasteiger partial charge is 0.226 e. The number of terminal acetylenes is 1. The number of anilines is 1. The molecule has 5 N–H and O–H groups in total. The molecular formula is C13H12ClFN4O4. The van der Waals surface area contributed by atoms with E-state index in [9.17, 15) is 19.7 Å². The highest BCUT2D eigenvalue weighted by Crippen LogP contribution is 2.39. The summed E-state index contributed by atoms with van der Waals surface area (Å²) in [6.07, 6.45) is 1.83. The van der Waals surface area contributed by atoms with E-state index in [0.717, 1.165) is 10.8 Å². The first-order chi connectivity index (χ1) is 10.8. The van der Waals surface area contributed by atoms with Crippen molar-refractivity contribution in [2.75, 3.05) is 12.3 Å². The Hall–Kier alpha value is -1.96. The number of aromatic nitrogens is 3. The van der Waals surface area contributed by atoms with Crippen LogP contribution in [0.3, 0.4) is 0 Å². The minimum atomic E-state index is -1.82. The van der Waals surface area contributed by atoms with Crippen LogP contribution in [0.2, 0.25) is 5.28 Å². The van der Waals surface area contributed by atoms with Gasteiger partial charge in [0.15, 0.2) is 23.3 Å². The molecule has 1 saturated heterocycles. The number of aliphatic hydroxyl groups is 3. The van der Waals surface area contributed by atoms with Gasteiger partial charge in [-0.2, -0.15) is 4.98 Å². The average molecular weight is 343 g/mol. The van der Waals surface area contributed by atoms with E-state index in [2.05, 4.69) is 15.9 Å². The molecular weight excluding hydrogens is 331 g/mol. The number of hydrogen-bond acceptors (Lipinski definition) is 7. The molecule has 0 amide bonds. The Balaban J connectivity index is 2.17. The number of aliphatic hydroxyl groups excluding tert-OH is 3. The summed E-state index contributed by atoms with van der Waals surface area (Å²) in [5, 5.41) is 29.3. The van der Waals surface area contributed by atoms with Crippen molar-refractivity contribution in [2.24, 2.45) is 0 Å². The fraction of sp³-hybridized carbons (Fsp3) is 0.385. The lowest BCUT2D eigenvalue weighted by Gasteiger charge is -2.23. The van der Waals surface area contributed by atoms with Crippen LogP contribution in [0.1, 0.15) is 6.23 Å². The van der Waals surface area contributed by atoms with Gasteiger partial charge in [0.1, 0.15) is 18.0 Å². The van der Waals surface area contributed by atoms with E-state index in [1.54, 1.807) is 0 Å². The van der Waals surface area contributed by atoms with E-state index in [4.69, 9.17) is 28.5 Å². The molecule has 4 atom stereocenters. The van der Waals surface area contributed by atoms with Gasteiger partial charge in [0.05, 0.1) is 12.0 Å². The third kappa shape index (κ3) is 2.15. The SMILES string of the molecule is C#C[C@]1(CO)O[C@@H](n2cc(F)c3c(N)nc(Cl)nc32)C(O)[C@H]1O. The molecule has 8 nitrogen and oxygen atoms in total. The highest BCUT2D eigenvalue weighted by atomic mass is 35.5. The van der Waals surface area contributed by atoms with Crippen molar-refractivity contribution < 1.29 is 24.4 Å². The van der Waals surface area contributed by atoms with Crippen LogP contribution in [-0.4, -0.2) is 54.3 Å². The second-order valence-corrected chi connectivity index (χ2v) is 5.43. The summed E-state index contributed by atoms with van der Waals surface area (Å²) < 4.78 is 20.6. The first kappa shape index (κ1) is 15.9. The predicted octanol–water partition coefficient (Wildman–Crippen LogP) is -0.579. The largest absolute Gasteiger partial charge is 0.392 e. The number of halogens is 2. The van der Waals surface area contributed by atoms with Crippen molar-refractivity contribution in [3.8, 4) is 12.3 Å². The van der Waals surface area contributed by atoms with Crippen LogP contribution in [0.15, 0.2) is 6.20 Å². The number of rotatable bonds is 2. The summed E-state index contributed by atoms with van der Waals surface area (Å²) in [5.41, 5.74) is 3.76. The third-order valence-electron chi connectivity index (χ3n) is 3.80. The zero-order valence-electron chi connectivity index (χ0n) is 11.5. The molecule has 0 spiro atoms. The second-order valence-electron chi connectivity index (χ2n) is 5.10. The number of hydrogen-bond donors (Lipinski definition) is 4. The van der Waals surface area contributed by atoms with E-state index in [0.29, 0.717) is 0 Å². The Morgan fingerprint density at radius 2 is 2.22 bits per heavy atom. The molecule has 2 aromatic rings. The lowest BCUT2D eigenvalue weighted by molar-refractivity contribution is -0.0910. The van der Waals surface area contributed by atoms with Gasteiger partial charge in [-0.3, -0.25) is 0 Å². The van der Waals surface area contributed by atoms with Gasteiger partial charge in [0.25, 0.3) is 0 Å². The normalized spacial score (nSPS) is 30.7. The molecule has 1 unspecified atom stereocenters. The van der Waals surface area contributed by atoms with E-state index >= 15 is 0 Å². The summed E-state index contributed by atoms with van der Waals surface area (Å²) in [5.74, 6) is 1.16. The molecule has 0 radical (unpaired) electrons. The van der Waals surface area contributed by atoms with Crippen molar-refractivity contribution in [3.63, 3.8) is 0 Å². The molecule has 122 valence electrons. The van der Waals surface area contributed by atoms with Crippen LogP contribution in [0.25, 0.3) is 11.0 Å². The van der Waals surface area contributed by atoms with E-state index < -0.39 is 36.5 Å². The van der Waals surface area contributed by atoms with Gasteiger partial charge in [-0.15, -0.1) is 6.42 Å². The molecule has 2 aromatic heterocycles. The van der Waals surface area contributed by atoms with Crippen LogP contribution in [0.4, 0.5) is 10.2 Å². The number of nitrogens with two attached hydrogens (primary N) is 1. The van der Waals surface area contributed by atoms with Crippen LogP contribution in [-0.2, 0) is 4.74 Å². The van der Waals surface area contributed by atoms with Gasteiger partial charge in [-0.1, -0.05) is 5.92 Å². The van der Waals surface area contributed by atoms with Gasteiger partial charge >= 0.3 is 0 Å². The molecule has 10 heteroatoms. The monoisotopic (exact) mass is 342 g/mol. The van der Waals surface area contributed by atoms with E-state index in [-0.39, 0.29) is 22.1 Å². The van der Waals surface area contributed by atoms with Crippen molar-refractivity contribution in [1.82, 2.24) is 14.5 Å². The van der Waals surface area contributed by atoms with Crippen molar-refractivity contribution in [2.45, 2.75) is 24.0 Å². The third-order valence-corrected chi connectivity index (χ3v) is 3.97. The molecule has 0 saturated carbocycles. The average Bonchev–Trinajstić information content (AvgIpc) is 2.96. The minimum absolute atomic E-state index is 0.0398. The fourth-order valence-electron chi connectivity index (χ4n) is 2.60. The standard InChI is InChI=1S/C13H12ClFN4O4/c1-2-13(4-20)8(22)7(21)11(23-13)19-3-5(15)6-9(16)17-12(14)18-10(6)19/h1,3,7-8,11,20-22H,4H2,(H2,16,17,18)/t7?,8-,11-,13-/m1/s1. The molecule has 0 aromatic carbocycles. The first-order valence-corrected chi connectivity index (χ1v) is 6.84. The maximum atomic E-state index is 14.1. The first-order valence-electron chi connectivity index (χ1n) is 6.46. The van der Waals surface area contributed by atoms with Crippen LogP contribution in [0, 0.1) is 18.2 Å². The van der Waals surface area contributed by atoms with E-state index in [1.165, 1.54) is 0 Å². The van der Waals surface area contributed by atoms with Gasteiger partial charge in [0, 0.05) is 6.20 Å². The van der Waals surface area contributed by atoms with Gasteiger partial charge in [-0.25, -0.2) is 9.37 Å². The van der Waals surface area contributed by atoms with E-state index in [1.807, 2.05) is 0 Å².